The van der Waals surface area contributed by atoms with Gasteiger partial charge in [0.05, 0.1) is 27.1 Å². The molecule has 436 valence electrons. The van der Waals surface area contributed by atoms with Gasteiger partial charge in [0.2, 0.25) is 11.8 Å². The Hall–Kier alpha value is -8.09. The van der Waals surface area contributed by atoms with E-state index in [9.17, 15) is 37.7 Å². The molecule has 6 aromatic rings. The zero-order chi connectivity index (χ0) is 58.7. The quantitative estimate of drug-likeness (QED) is 0.0219. The number of halogens is 1. The Morgan fingerprint density at radius 3 is 2.50 bits per heavy atom. The van der Waals surface area contributed by atoms with E-state index in [0.29, 0.717) is 61.5 Å². The van der Waals surface area contributed by atoms with Gasteiger partial charge in [-0.05, 0) is 147 Å². The first-order chi connectivity index (χ1) is 40.4. The summed E-state index contributed by atoms with van der Waals surface area (Å²) in [4.78, 5) is 79.3. The molecule has 0 bridgehead atoms. The molecule has 84 heavy (non-hydrogen) atoms. The van der Waals surface area contributed by atoms with E-state index in [0.717, 1.165) is 106 Å². The van der Waals surface area contributed by atoms with Crippen LogP contribution in [0.2, 0.25) is 5.02 Å². The number of allylic oxidation sites excluding steroid dienone is 1. The lowest BCUT2D eigenvalue weighted by atomic mass is 9.72. The van der Waals surface area contributed by atoms with E-state index in [2.05, 4.69) is 77.8 Å². The van der Waals surface area contributed by atoms with E-state index in [-0.39, 0.29) is 46.6 Å². The van der Waals surface area contributed by atoms with E-state index in [1.54, 1.807) is 24.4 Å². The summed E-state index contributed by atoms with van der Waals surface area (Å²) in [6.07, 6.45) is 10.0. The smallest absolute Gasteiger partial charge is 0.293 e. The fraction of sp³-hybridized carbons (Fsp3) is 0.381. The summed E-state index contributed by atoms with van der Waals surface area (Å²) in [5.41, 5.74) is 7.33. The van der Waals surface area contributed by atoms with Crippen molar-refractivity contribution in [3.8, 4) is 23.3 Å². The number of benzene rings is 4. The van der Waals surface area contributed by atoms with Gasteiger partial charge in [-0.3, -0.25) is 39.5 Å². The zero-order valence-corrected chi connectivity index (χ0v) is 48.6. The number of unbranched alkanes of at least 4 members (excludes halogenated alkanes) is 1. The number of pyridine rings is 1. The topological polar surface area (TPSA) is 233 Å². The standard InChI is InChI=1S/C63H67ClN10O9S/c1-63(2)24-20-45(52(36-63)42-10-12-47(64)13-11-42)39-71-29-31-72(32-30-71)48-14-16-51(56(34-48)83-49-33-44-21-25-65-59(44)67-38-49)60(76)69-84(81,82)50-15-17-53(55(35-50)74(79)80)66-37-41-22-27-70(28-23-41)26-5-3-4-7-43-8-6-9-46-40-73(62(78)58(43)46)54-18-19-57(75)68-61(54)77/h6,8-17,21,25,33-35,38,41,54,66H,3,5,18-20,22-24,26-32,36-37,39-40H2,1-2H3,(H,65,67)(H,69,76)(H,68,75,77). The lowest BCUT2D eigenvalue weighted by molar-refractivity contribution is -0.384. The van der Waals surface area contributed by atoms with Gasteiger partial charge in [-0.15, -0.1) is 0 Å². The van der Waals surface area contributed by atoms with Gasteiger partial charge < -0.3 is 29.7 Å². The molecular weight excluding hydrogens is 1110 g/mol. The minimum absolute atomic E-state index is 0.0584. The van der Waals surface area contributed by atoms with Crippen molar-refractivity contribution >= 4 is 78.9 Å². The van der Waals surface area contributed by atoms with Crippen LogP contribution in [-0.2, 0) is 26.2 Å². The Balaban J connectivity index is 0.692. The van der Waals surface area contributed by atoms with E-state index < -0.39 is 43.4 Å². The Morgan fingerprint density at radius 1 is 0.929 bits per heavy atom. The Morgan fingerprint density at radius 2 is 1.73 bits per heavy atom. The SMILES string of the molecule is CC1(C)CCC(CN2CCN(c3ccc(C(=O)NS(=O)(=O)c4ccc(NCC5CCN(CCCC#Cc6cccc7c6C(=O)N(C6CCC(=O)NC6=O)C7)CC5)c([N+](=O)[O-])c4)c(Oc4cnc5[nH]ccc5c4)c3)CC2)=C(c2ccc(Cl)cc2)C1. The van der Waals surface area contributed by atoms with Crippen molar-refractivity contribution in [2.45, 2.75) is 89.1 Å². The molecule has 4 N–H and O–H groups in total. The number of piperazine rings is 1. The number of aromatic nitrogens is 2. The summed E-state index contributed by atoms with van der Waals surface area (Å²) >= 11 is 6.27. The number of carbonyl (C=O) groups excluding carboxylic acids is 4. The number of ether oxygens (including phenoxy) is 1. The van der Waals surface area contributed by atoms with Crippen molar-refractivity contribution in [1.82, 2.24) is 34.7 Å². The second kappa shape index (κ2) is 24.6. The van der Waals surface area contributed by atoms with Crippen LogP contribution in [0.1, 0.15) is 109 Å². The number of likely N-dealkylation sites (tertiary alicyclic amines) is 1. The number of anilines is 2. The van der Waals surface area contributed by atoms with Gasteiger partial charge in [0.25, 0.3) is 27.5 Å². The highest BCUT2D eigenvalue weighted by Crippen LogP contribution is 2.44. The summed E-state index contributed by atoms with van der Waals surface area (Å²) in [5, 5.41) is 19.5. The van der Waals surface area contributed by atoms with E-state index in [1.165, 1.54) is 46.0 Å². The maximum absolute atomic E-state index is 14.2. The number of hydrogen-bond acceptors (Lipinski definition) is 14. The van der Waals surface area contributed by atoms with Crippen LogP contribution in [0.25, 0.3) is 16.6 Å². The number of nitrogens with zero attached hydrogens (tertiary/aromatic N) is 6. The van der Waals surface area contributed by atoms with Crippen molar-refractivity contribution in [3.63, 3.8) is 0 Å². The van der Waals surface area contributed by atoms with Crippen molar-refractivity contribution in [1.29, 1.82) is 0 Å². The number of H-pyrrole nitrogens is 1. The fourth-order valence-corrected chi connectivity index (χ4v) is 13.2. The van der Waals surface area contributed by atoms with Crippen LogP contribution in [0.3, 0.4) is 0 Å². The summed E-state index contributed by atoms with van der Waals surface area (Å²) in [7, 11) is -4.63. The molecule has 1 unspecified atom stereocenters. The summed E-state index contributed by atoms with van der Waals surface area (Å²) < 4.78 is 36.5. The molecule has 2 aromatic heterocycles. The van der Waals surface area contributed by atoms with Crippen LogP contribution in [0.5, 0.6) is 11.5 Å². The van der Waals surface area contributed by atoms with Gasteiger partial charge in [0.1, 0.15) is 28.9 Å². The molecule has 1 atom stereocenters. The predicted octanol–water partition coefficient (Wildman–Crippen LogP) is 9.54. The molecule has 11 rings (SSSR count). The molecule has 4 amide bonds. The maximum atomic E-state index is 14.2. The van der Waals surface area contributed by atoms with E-state index >= 15 is 0 Å². The number of amides is 4. The monoisotopic (exact) mass is 1170 g/mol. The highest BCUT2D eigenvalue weighted by atomic mass is 35.5. The van der Waals surface area contributed by atoms with Crippen LogP contribution in [0.4, 0.5) is 17.1 Å². The molecule has 3 saturated heterocycles. The summed E-state index contributed by atoms with van der Waals surface area (Å²) in [6.45, 7) is 11.7. The number of imide groups is 1. The normalized spacial score (nSPS) is 18.8. The molecule has 4 aromatic carbocycles. The van der Waals surface area contributed by atoms with Crippen LogP contribution in [-0.4, -0.2) is 127 Å². The number of fused-ring (bicyclic) bond motifs is 2. The third-order valence-electron chi connectivity index (χ3n) is 16.9. The van der Waals surface area contributed by atoms with Crippen LogP contribution >= 0.6 is 11.6 Å². The second-order valence-corrected chi connectivity index (χ2v) is 25.4. The van der Waals surface area contributed by atoms with Crippen molar-refractivity contribution in [2.24, 2.45) is 11.3 Å². The summed E-state index contributed by atoms with van der Waals surface area (Å²) in [5.74, 6) is 5.05. The lowest BCUT2D eigenvalue weighted by Crippen LogP contribution is -2.52. The first kappa shape index (κ1) is 57.7. The maximum Gasteiger partial charge on any atom is 0.293 e. The number of aromatic amines is 1. The van der Waals surface area contributed by atoms with Gasteiger partial charge in [-0.1, -0.05) is 67.1 Å². The fourth-order valence-electron chi connectivity index (χ4n) is 12.1. The summed E-state index contributed by atoms with van der Waals surface area (Å²) in [6, 6.07) is 25.2. The number of nitrogens with one attached hydrogen (secondary N) is 4. The minimum atomic E-state index is -4.63. The number of nitro benzene ring substituents is 1. The van der Waals surface area contributed by atoms with Crippen LogP contribution < -0.4 is 25.0 Å². The van der Waals surface area contributed by atoms with Crippen LogP contribution in [0.15, 0.2) is 114 Å². The number of sulfonamides is 1. The molecule has 21 heteroatoms. The molecule has 3 fully saturated rings. The van der Waals surface area contributed by atoms with Crippen LogP contribution in [0, 0.1) is 33.3 Å². The Bertz CT molecular complexity index is 3760. The molecule has 0 saturated carbocycles. The number of rotatable bonds is 17. The number of carbonyl (C=O) groups is 4. The van der Waals surface area contributed by atoms with Gasteiger partial charge in [0.15, 0.2) is 0 Å². The molecule has 1 aliphatic carbocycles. The van der Waals surface area contributed by atoms with Gasteiger partial charge in [0, 0.05) is 98.6 Å². The third-order valence-corrected chi connectivity index (χ3v) is 18.5. The van der Waals surface area contributed by atoms with Crippen molar-refractivity contribution in [3.05, 3.63) is 152 Å². The third kappa shape index (κ3) is 13.1. The molecule has 0 radical (unpaired) electrons. The number of piperidine rings is 2. The van der Waals surface area contributed by atoms with Gasteiger partial charge >= 0.3 is 0 Å². The minimum Gasteiger partial charge on any atom is -0.455 e. The molecule has 4 aliphatic heterocycles. The van der Waals surface area contributed by atoms with Crippen molar-refractivity contribution < 1.29 is 37.3 Å². The number of nitro groups is 1. The van der Waals surface area contributed by atoms with E-state index in [1.807, 2.05) is 36.4 Å². The molecular formula is C63H67ClN10O9S. The molecule has 0 spiro atoms. The first-order valence-electron chi connectivity index (χ1n) is 28.7. The first-order valence-corrected chi connectivity index (χ1v) is 30.6. The highest BCUT2D eigenvalue weighted by molar-refractivity contribution is 7.90. The largest absolute Gasteiger partial charge is 0.455 e. The second-order valence-electron chi connectivity index (χ2n) is 23.2. The molecule has 6 heterocycles. The Labute approximate surface area is 493 Å². The average Bonchev–Trinajstić information content (AvgIpc) is 3.82. The molecule has 5 aliphatic rings. The molecule has 19 nitrogen and oxygen atoms in total. The lowest BCUT2D eigenvalue weighted by Gasteiger charge is -2.39. The van der Waals surface area contributed by atoms with Crippen molar-refractivity contribution in [2.75, 3.05) is 69.1 Å². The van der Waals surface area contributed by atoms with Gasteiger partial charge in [-0.2, -0.15) is 0 Å². The van der Waals surface area contributed by atoms with E-state index in [4.69, 9.17) is 16.3 Å². The Kier molecular flexibility index (Phi) is 16.9. The predicted molar refractivity (Wildman–Crippen MR) is 321 cm³/mol. The number of hydrogen-bond donors (Lipinski definition) is 4. The average molecular weight is 1180 g/mol. The van der Waals surface area contributed by atoms with Gasteiger partial charge in [-0.25, -0.2) is 18.1 Å². The zero-order valence-electron chi connectivity index (χ0n) is 47.0. The highest BCUT2D eigenvalue weighted by Gasteiger charge is 2.40.